The summed E-state index contributed by atoms with van der Waals surface area (Å²) >= 11 is 0. The molecule has 6 aromatic carbocycles. The Labute approximate surface area is 964 Å². The molecular weight excluding hydrogens is 2210 g/mol. The van der Waals surface area contributed by atoms with Crippen molar-refractivity contribution >= 4 is 106 Å². The van der Waals surface area contributed by atoms with Gasteiger partial charge in [0.1, 0.15) is 95.5 Å². The van der Waals surface area contributed by atoms with Crippen molar-refractivity contribution in [2.75, 3.05) is 116 Å². The van der Waals surface area contributed by atoms with Crippen molar-refractivity contribution in [2.24, 2.45) is 0 Å². The standard InChI is InChI=1S/C39H46FN10O4.C37H42FN10O3.2C14H12NO3.2CH2O.4Y/c1-27(51)43-14-21-53-22-20-47-16-18-48(19-17-47)39(2,3)24-33(42-4)38(52)49-15-8-9-28(49)25-50-37-34(36(41)44-26-45-37)35(46-50)31-13-12-30(23-32(31)40)54-29-10-6-5-7-11-29;1-25(49)41-14-16-45-17-19-46(20-18-45)37(2,3)22-31(40-4)36(50)47-15-8-9-26(47)23-48-35-32(34(39)42-24-43-35)33(44-48)29-13-12-28(21-30(29)38)51-27-10-6-5-7-11-27;2*16-10-5-6-12(13(17)7-10)15-8-9-3-1-2-4-11(9)14(15)18;2*1-2;;;;/h5-7,10-13,23-24,26,28H,1,8-9,14-22,25H2,2-3H3,(H,43,51)(H2,41,44,45);5-7,10-13,21-22,24,26H,1,8-9,14-20,23H2,2-3H3,(H,41,49)(H2,39,42,43);2*1-2,4,12H,5-8H2;2*1H2;;;;/q4*-1;;;;;;/b33-24-;31-22-;;;;;;;;/t28-;26-;;;;;;;;/m11......../s1. The van der Waals surface area contributed by atoms with E-state index in [-0.39, 0.29) is 262 Å². The van der Waals surface area contributed by atoms with Crippen molar-refractivity contribution in [1.82, 2.24) is 89.3 Å². The molecule has 0 bridgehead atoms. The quantitative estimate of drug-likeness (QED) is 0.0161. The molecule has 2 saturated carbocycles. The molecule has 0 spiro atoms. The van der Waals surface area contributed by atoms with Gasteiger partial charge >= 0.3 is 0 Å². The number of piperazine rings is 2. The van der Waals surface area contributed by atoms with Crippen LogP contribution in [0.2, 0.25) is 0 Å². The molecule has 6 N–H and O–H groups in total. The first-order valence-electron chi connectivity index (χ1n) is 47.7. The molecule has 6 fully saturated rings. The Morgan fingerprint density at radius 1 is 0.503 bits per heavy atom. The molecule has 4 aromatic heterocycles. The second-order valence-electron chi connectivity index (χ2n) is 36.7. The largest absolute Gasteiger partial charge is 0.457 e. The van der Waals surface area contributed by atoms with E-state index in [0.717, 1.165) is 89.4 Å². The molecular formula is C106H116F2N22O15Y4-4. The Kier molecular flexibility index (Phi) is 46.6. The second kappa shape index (κ2) is 57.3. The number of nitrogens with zero attached hydrogens (tertiary/aromatic N) is 18. The number of benzene rings is 6. The number of nitrogens with one attached hydrogen (secondary N) is 2. The van der Waals surface area contributed by atoms with Gasteiger partial charge in [0.15, 0.2) is 34.7 Å². The fraction of sp³-hybridized carbons (Fsp3) is 0.377. The number of aromatic nitrogens is 8. The molecule has 770 valence electrons. The summed E-state index contributed by atoms with van der Waals surface area (Å²) < 4.78 is 51.9. The van der Waals surface area contributed by atoms with Gasteiger partial charge in [-0.1, -0.05) is 59.7 Å². The molecule has 6 aliphatic heterocycles. The van der Waals surface area contributed by atoms with Crippen LogP contribution in [-0.4, -0.2) is 291 Å². The van der Waals surface area contributed by atoms with Crippen LogP contribution in [0.25, 0.3) is 54.3 Å². The minimum absolute atomic E-state index is 0. The Bertz CT molecular complexity index is 6470. The minimum atomic E-state index is -0.547. The maximum atomic E-state index is 15.7. The molecule has 2 unspecified atom stereocenters. The number of carbonyl (C=O) groups is 12. The van der Waals surface area contributed by atoms with Gasteiger partial charge in [-0.15, -0.1) is 11.1 Å². The topological polar surface area (TPSA) is 430 Å². The molecule has 18 rings (SSSR count). The van der Waals surface area contributed by atoms with Crippen LogP contribution in [0.5, 0.6) is 23.0 Å². The van der Waals surface area contributed by atoms with E-state index >= 15 is 8.78 Å². The summed E-state index contributed by atoms with van der Waals surface area (Å²) in [4.78, 5) is 177. The third kappa shape index (κ3) is 30.8. The van der Waals surface area contributed by atoms with Gasteiger partial charge in [0.2, 0.25) is 11.4 Å². The normalized spacial score (nSPS) is 17.9. The van der Waals surface area contributed by atoms with Crippen LogP contribution in [0, 0.1) is 50.8 Å². The first-order valence-corrected chi connectivity index (χ1v) is 47.7. The summed E-state index contributed by atoms with van der Waals surface area (Å²) in [5.74, 6) is -0.725. The number of halogens is 2. The summed E-state index contributed by atoms with van der Waals surface area (Å²) in [5.41, 5.74) is 16.5. The van der Waals surface area contributed by atoms with Crippen LogP contribution in [0.4, 0.5) is 20.4 Å². The Balaban J connectivity index is 0.000000237. The number of anilines is 2. The summed E-state index contributed by atoms with van der Waals surface area (Å²) in [7, 11) is 0. The number of ether oxygens (including phenoxy) is 3. The third-order valence-electron chi connectivity index (χ3n) is 26.6. The third-order valence-corrected chi connectivity index (χ3v) is 26.6. The van der Waals surface area contributed by atoms with Gasteiger partial charge in [0.05, 0.1) is 99.0 Å². The molecule has 10 aromatic rings. The maximum absolute atomic E-state index is 15.7. The molecule has 10 heterocycles. The molecule has 4 radical (unpaired) electrons. The van der Waals surface area contributed by atoms with Crippen LogP contribution in [0.1, 0.15) is 124 Å². The van der Waals surface area contributed by atoms with E-state index in [0.29, 0.717) is 159 Å². The molecule has 4 atom stereocenters. The van der Waals surface area contributed by atoms with E-state index < -0.39 is 34.8 Å². The molecule has 8 aliphatic rings. The van der Waals surface area contributed by atoms with Gasteiger partial charge in [-0.05, 0) is 115 Å². The van der Waals surface area contributed by atoms with Gasteiger partial charge in [0, 0.05) is 283 Å². The van der Waals surface area contributed by atoms with Gasteiger partial charge in [-0.25, -0.2) is 47.8 Å². The molecule has 149 heavy (non-hydrogen) atoms. The Hall–Kier alpha value is -11.3. The van der Waals surface area contributed by atoms with Crippen molar-refractivity contribution in [2.45, 2.75) is 153 Å². The van der Waals surface area contributed by atoms with Crippen molar-refractivity contribution in [3.63, 3.8) is 0 Å². The predicted molar refractivity (Wildman–Crippen MR) is 534 cm³/mol. The van der Waals surface area contributed by atoms with Crippen molar-refractivity contribution < 1.29 is 211 Å². The average Bonchev–Trinajstić information content (AvgIpc) is 1.61. The first-order chi connectivity index (χ1) is 69.9. The van der Waals surface area contributed by atoms with Crippen LogP contribution >= 0.6 is 0 Å². The first kappa shape index (κ1) is 121. The summed E-state index contributed by atoms with van der Waals surface area (Å²) in [6.45, 7) is 46.9. The molecule has 43 heteroatoms. The van der Waals surface area contributed by atoms with Crippen molar-refractivity contribution in [1.29, 1.82) is 0 Å². The number of hydrogen-bond donors (Lipinski definition) is 4. The van der Waals surface area contributed by atoms with E-state index in [1.807, 2.05) is 77.7 Å². The average molecular weight is 2330 g/mol. The number of rotatable bonds is 27. The van der Waals surface area contributed by atoms with Crippen molar-refractivity contribution in [3.05, 3.63) is 252 Å². The van der Waals surface area contributed by atoms with Crippen LogP contribution in [0.15, 0.2) is 170 Å². The zero-order chi connectivity index (χ0) is 104. The maximum Gasteiger partial charge on any atom is 0.252 e. The second-order valence-corrected chi connectivity index (χ2v) is 36.7. The number of ketones is 4. The zero-order valence-corrected chi connectivity index (χ0v) is 95.1. The van der Waals surface area contributed by atoms with Gasteiger partial charge < -0.3 is 88.9 Å². The molecule has 6 amide bonds. The van der Waals surface area contributed by atoms with E-state index in [2.05, 4.69) is 85.8 Å². The van der Waals surface area contributed by atoms with E-state index in [4.69, 9.17) is 58.6 Å². The predicted octanol–water partition coefficient (Wildman–Crippen LogP) is 10.2. The zero-order valence-electron chi connectivity index (χ0n) is 83.8. The van der Waals surface area contributed by atoms with Gasteiger partial charge in [0.25, 0.3) is 11.8 Å². The number of carbonyl (C=O) groups excluding carboxylic acids is 12. The van der Waals surface area contributed by atoms with Gasteiger partial charge in [-0.2, -0.15) is 58.7 Å². The van der Waals surface area contributed by atoms with Crippen LogP contribution in [-0.2, 0) is 210 Å². The monoisotopic (exact) mass is 2330 g/mol. The summed E-state index contributed by atoms with van der Waals surface area (Å²) in [6.07, 6.45) is 10.8. The fourth-order valence-electron chi connectivity index (χ4n) is 19.1. The van der Waals surface area contributed by atoms with Crippen LogP contribution in [0.3, 0.4) is 0 Å². The number of Topliss-reactive ketones (excluding diaryl/α,β-unsaturated/α-hetero) is 4. The van der Waals surface area contributed by atoms with E-state index in [1.54, 1.807) is 126 Å². The number of amides is 6. The number of nitrogens with two attached hydrogens (primary N) is 2. The minimum Gasteiger partial charge on any atom is -0.457 e. The van der Waals surface area contributed by atoms with Crippen molar-refractivity contribution in [3.8, 4) is 45.5 Å². The number of fused-ring (bicyclic) bond motifs is 4. The number of likely N-dealkylation sites (tertiary alicyclic amines) is 2. The number of nitrogen functional groups attached to an aromatic ring is 2. The molecule has 2 aliphatic carbocycles. The number of para-hydroxylation sites is 2. The smallest absolute Gasteiger partial charge is 0.252 e. The molecule has 4 saturated heterocycles. The fourth-order valence-corrected chi connectivity index (χ4v) is 19.1. The SMILES string of the molecule is C=O.C=O.O=C1CCC(N2Cc3[c-]cccc3C2=O)C(=O)C1.O=C1CCC(N2Cc3[c-]cccc3C2=O)C(=O)C1.[C-]#[N+]/C(=C\C(C)(C)N1CCN(CCNC([CH2-])=O)CC1)C(=O)N1CCC[C@@H]1Cn1nc(-c2ccc(Oc3ccccc3)cc2F)c2c(N)ncnc21.[C-]#[N+]/C(=C\C(C)(C)N1CCN(CCOCCNC([CH2-])=O)CC1)C(=O)N1CCC[C@@H]1Cn1nc(-c2ccc(Oc3ccccc3)cc2F)c2c(N)ncnc21.[Y].[Y].[Y].[Y]. The molecule has 37 nitrogen and oxygen atoms in total. The summed E-state index contributed by atoms with van der Waals surface area (Å²) in [5, 5.41) is 15.7. The van der Waals surface area contributed by atoms with Crippen LogP contribution < -0.4 is 31.6 Å². The van der Waals surface area contributed by atoms with Gasteiger partial charge in [-0.3, -0.25) is 58.0 Å². The Morgan fingerprint density at radius 2 is 0.899 bits per heavy atom. The summed E-state index contributed by atoms with van der Waals surface area (Å²) in [6, 6.07) is 42.6. The number of hydrogen-bond acceptors (Lipinski definition) is 27. The van der Waals surface area contributed by atoms with E-state index in [1.165, 1.54) is 24.8 Å². The van der Waals surface area contributed by atoms with E-state index in [9.17, 15) is 47.9 Å². The Morgan fingerprint density at radius 3 is 1.28 bits per heavy atom.